The molecule has 0 aliphatic heterocycles. The lowest BCUT2D eigenvalue weighted by molar-refractivity contribution is 0.414. The number of hydrogen-bond donors (Lipinski definition) is 2. The molecule has 0 spiro atoms. The van der Waals surface area contributed by atoms with Gasteiger partial charge in [-0.05, 0) is 43.3 Å². The maximum absolute atomic E-state index is 13.0. The van der Waals surface area contributed by atoms with Gasteiger partial charge in [-0.2, -0.15) is 0 Å². The summed E-state index contributed by atoms with van der Waals surface area (Å²) in [7, 11) is 3.22. The van der Waals surface area contributed by atoms with Crippen molar-refractivity contribution < 1.29 is 9.84 Å². The number of aromatic hydroxyl groups is 1. The minimum absolute atomic E-state index is 0.0994. The fraction of sp³-hybridized carbons (Fsp3) is 0.130. The first-order valence-electron chi connectivity index (χ1n) is 9.94. The van der Waals surface area contributed by atoms with E-state index in [1.807, 2.05) is 18.2 Å². The Labute approximate surface area is 187 Å². The van der Waals surface area contributed by atoms with Crippen LogP contribution in [0.3, 0.4) is 0 Å². The van der Waals surface area contributed by atoms with Crippen LogP contribution in [0, 0.1) is 6.92 Å². The van der Waals surface area contributed by atoms with Crippen LogP contribution in [-0.4, -0.2) is 37.3 Å². The number of nitrogens with zero attached hydrogens (tertiary/aromatic N) is 4. The lowest BCUT2D eigenvalue weighted by Gasteiger charge is -2.10. The first-order chi connectivity index (χ1) is 15.8. The third kappa shape index (κ3) is 3.78. The fourth-order valence-corrected chi connectivity index (χ4v) is 3.46. The van der Waals surface area contributed by atoms with Crippen molar-refractivity contribution in [2.75, 3.05) is 7.11 Å². The zero-order valence-corrected chi connectivity index (χ0v) is 18.1. The van der Waals surface area contributed by atoms with Gasteiger partial charge in [-0.25, -0.2) is 19.0 Å². The molecule has 168 valence electrons. The molecule has 2 aromatic heterocycles. The van der Waals surface area contributed by atoms with Crippen molar-refractivity contribution in [3.63, 3.8) is 0 Å². The van der Waals surface area contributed by atoms with Crippen LogP contribution in [0.15, 0.2) is 74.0 Å². The summed E-state index contributed by atoms with van der Waals surface area (Å²) in [5, 5.41) is 10.7. The van der Waals surface area contributed by atoms with Gasteiger partial charge in [0.05, 0.1) is 24.2 Å². The molecule has 0 aliphatic carbocycles. The van der Waals surface area contributed by atoms with E-state index in [4.69, 9.17) is 4.74 Å². The molecule has 10 heteroatoms. The van der Waals surface area contributed by atoms with Crippen LogP contribution >= 0.6 is 0 Å². The number of nitrogens with one attached hydrogen (secondary N) is 1. The van der Waals surface area contributed by atoms with E-state index in [-0.39, 0.29) is 11.3 Å². The predicted octanol–water partition coefficient (Wildman–Crippen LogP) is 1.79. The molecule has 0 atom stereocenters. The van der Waals surface area contributed by atoms with Crippen molar-refractivity contribution in [2.24, 2.45) is 12.0 Å². The monoisotopic (exact) mass is 447 g/mol. The number of para-hydroxylation sites is 1. The molecule has 2 aromatic carbocycles. The van der Waals surface area contributed by atoms with Gasteiger partial charge in [0.1, 0.15) is 11.3 Å². The average Bonchev–Trinajstić information content (AvgIpc) is 3.02. The van der Waals surface area contributed by atoms with E-state index in [0.717, 1.165) is 10.8 Å². The molecule has 4 rings (SSSR count). The lowest BCUT2D eigenvalue weighted by Crippen LogP contribution is -2.31. The standard InChI is InChI=1S/C23H21N5O5/c1-14-19(22(31)28(26(14)2)16-7-5-4-6-8-16)24-13-18-20(29)25-23(32)27(21(18)30)15-9-11-17(33-3)12-10-15/h4-13,30H,1-3H3,(H,25,29,32). The Hall–Kier alpha value is -4.60. The number of H-pyrrole nitrogens is 1. The topological polar surface area (TPSA) is 124 Å². The second kappa shape index (κ2) is 8.50. The van der Waals surface area contributed by atoms with Gasteiger partial charge < -0.3 is 9.84 Å². The average molecular weight is 447 g/mol. The van der Waals surface area contributed by atoms with Gasteiger partial charge >= 0.3 is 5.69 Å². The Bertz CT molecular complexity index is 1520. The number of hydrogen-bond acceptors (Lipinski definition) is 6. The molecule has 0 radical (unpaired) electrons. The number of ether oxygens (including phenoxy) is 1. The zero-order chi connectivity index (χ0) is 23.7. The minimum Gasteiger partial charge on any atom is -0.497 e. The van der Waals surface area contributed by atoms with Crippen LogP contribution in [0.5, 0.6) is 11.6 Å². The largest absolute Gasteiger partial charge is 0.497 e. The highest BCUT2D eigenvalue weighted by Crippen LogP contribution is 2.20. The van der Waals surface area contributed by atoms with Gasteiger partial charge in [0.2, 0.25) is 5.88 Å². The molecular weight excluding hydrogens is 426 g/mol. The van der Waals surface area contributed by atoms with Crippen LogP contribution < -0.4 is 21.5 Å². The number of benzene rings is 2. The van der Waals surface area contributed by atoms with E-state index in [1.54, 1.807) is 55.1 Å². The van der Waals surface area contributed by atoms with Gasteiger partial charge in [-0.1, -0.05) is 18.2 Å². The molecule has 0 amide bonds. The van der Waals surface area contributed by atoms with Gasteiger partial charge in [-0.3, -0.25) is 19.3 Å². The molecule has 0 saturated heterocycles. The van der Waals surface area contributed by atoms with E-state index >= 15 is 0 Å². The molecule has 0 fully saturated rings. The summed E-state index contributed by atoms with van der Waals surface area (Å²) < 4.78 is 9.13. The van der Waals surface area contributed by atoms with Crippen LogP contribution in [0.25, 0.3) is 11.4 Å². The summed E-state index contributed by atoms with van der Waals surface area (Å²) in [6.45, 7) is 1.72. The van der Waals surface area contributed by atoms with Crippen LogP contribution in [0.2, 0.25) is 0 Å². The smallest absolute Gasteiger partial charge is 0.335 e. The van der Waals surface area contributed by atoms with E-state index < -0.39 is 22.7 Å². The SMILES string of the molecule is COc1ccc(-n2c(O)c(C=Nc3c(C)n(C)n(-c4ccccc4)c3=O)c(=O)[nH]c2=O)cc1. The summed E-state index contributed by atoms with van der Waals surface area (Å²) >= 11 is 0. The first kappa shape index (κ1) is 21.6. The third-order valence-electron chi connectivity index (χ3n) is 5.30. The molecule has 0 aliphatic rings. The van der Waals surface area contributed by atoms with Crippen molar-refractivity contribution in [3.05, 3.63) is 97.0 Å². The van der Waals surface area contributed by atoms with Crippen LogP contribution in [0.4, 0.5) is 5.69 Å². The highest BCUT2D eigenvalue weighted by Gasteiger charge is 2.17. The minimum atomic E-state index is -0.831. The Morgan fingerprint density at radius 3 is 2.30 bits per heavy atom. The van der Waals surface area contributed by atoms with E-state index in [1.165, 1.54) is 11.8 Å². The molecule has 0 saturated carbocycles. The van der Waals surface area contributed by atoms with Crippen molar-refractivity contribution in [2.45, 2.75) is 6.92 Å². The first-order valence-corrected chi connectivity index (χ1v) is 9.94. The summed E-state index contributed by atoms with van der Waals surface area (Å²) in [5.74, 6) is -0.0404. The van der Waals surface area contributed by atoms with Gasteiger partial charge in [0.15, 0.2) is 5.69 Å². The number of aromatic amines is 1. The Balaban J connectivity index is 1.82. The van der Waals surface area contributed by atoms with Crippen molar-refractivity contribution >= 4 is 11.9 Å². The van der Waals surface area contributed by atoms with Crippen LogP contribution in [0.1, 0.15) is 11.3 Å². The Morgan fingerprint density at radius 1 is 1.00 bits per heavy atom. The molecule has 4 aromatic rings. The highest BCUT2D eigenvalue weighted by atomic mass is 16.5. The molecule has 2 N–H and O–H groups in total. The summed E-state index contributed by atoms with van der Waals surface area (Å²) in [6.07, 6.45) is 1.08. The number of rotatable bonds is 5. The van der Waals surface area contributed by atoms with Gasteiger partial charge in [0, 0.05) is 13.3 Å². The van der Waals surface area contributed by atoms with Crippen molar-refractivity contribution in [1.29, 1.82) is 0 Å². The molecule has 0 bridgehead atoms. The molecule has 33 heavy (non-hydrogen) atoms. The van der Waals surface area contributed by atoms with Gasteiger partial charge in [0.25, 0.3) is 11.1 Å². The zero-order valence-electron chi connectivity index (χ0n) is 18.1. The lowest BCUT2D eigenvalue weighted by atomic mass is 10.2. The number of aromatic nitrogens is 4. The van der Waals surface area contributed by atoms with Crippen molar-refractivity contribution in [3.8, 4) is 23.0 Å². The van der Waals surface area contributed by atoms with E-state index in [2.05, 4.69) is 9.98 Å². The fourth-order valence-electron chi connectivity index (χ4n) is 3.46. The molecule has 0 unspecified atom stereocenters. The predicted molar refractivity (Wildman–Crippen MR) is 124 cm³/mol. The second-order valence-electron chi connectivity index (χ2n) is 7.20. The number of methoxy groups -OCH3 is 1. The quantitative estimate of drug-likeness (QED) is 0.452. The normalized spacial score (nSPS) is 11.2. The number of aliphatic imine (C=N–C) groups is 1. The van der Waals surface area contributed by atoms with E-state index in [9.17, 15) is 19.5 Å². The van der Waals surface area contributed by atoms with E-state index in [0.29, 0.717) is 22.8 Å². The Kier molecular flexibility index (Phi) is 5.57. The third-order valence-corrected chi connectivity index (χ3v) is 5.30. The Morgan fingerprint density at radius 2 is 1.67 bits per heavy atom. The molecular formula is C23H21N5O5. The van der Waals surface area contributed by atoms with Gasteiger partial charge in [-0.15, -0.1) is 0 Å². The summed E-state index contributed by atoms with van der Waals surface area (Å²) in [4.78, 5) is 44.2. The summed E-state index contributed by atoms with van der Waals surface area (Å²) in [5.41, 5.74) is -0.682. The maximum Gasteiger partial charge on any atom is 0.335 e. The van der Waals surface area contributed by atoms with Crippen molar-refractivity contribution in [1.82, 2.24) is 18.9 Å². The maximum atomic E-state index is 13.0. The second-order valence-corrected chi connectivity index (χ2v) is 7.20. The molecule has 10 nitrogen and oxygen atoms in total. The van der Waals surface area contributed by atoms with Crippen LogP contribution in [-0.2, 0) is 7.05 Å². The molecule has 2 heterocycles. The highest BCUT2D eigenvalue weighted by molar-refractivity contribution is 5.84. The summed E-state index contributed by atoms with van der Waals surface area (Å²) in [6, 6.07) is 15.4.